The maximum atomic E-state index is 12.8. The number of hydrogen-bond acceptors (Lipinski definition) is 0. The fraction of sp³-hybridized carbons (Fsp3) is 0.250. The maximum Gasteiger partial charge on any atom is 0.123 e. The Morgan fingerprint density at radius 1 is 0.833 bits per heavy atom. The predicted octanol–water partition coefficient (Wildman–Crippen LogP) is 4.70. The normalized spacial score (nSPS) is 12.4. The molecule has 0 aromatic heterocycles. The van der Waals surface area contributed by atoms with Gasteiger partial charge in [0.25, 0.3) is 0 Å². The lowest BCUT2D eigenvalue weighted by atomic mass is 9.94. The predicted molar refractivity (Wildman–Crippen MR) is 69.5 cm³/mol. The highest BCUT2D eigenvalue weighted by Crippen LogP contribution is 2.21. The summed E-state index contributed by atoms with van der Waals surface area (Å²) in [5.74, 6) is -0.0366. The largest absolute Gasteiger partial charge is 0.207 e. The van der Waals surface area contributed by atoms with Crippen molar-refractivity contribution in [1.29, 1.82) is 0 Å². The summed E-state index contributed by atoms with van der Waals surface area (Å²) in [7, 11) is 0. The van der Waals surface area contributed by atoms with E-state index >= 15 is 0 Å². The molecule has 0 fully saturated rings. The van der Waals surface area contributed by atoms with Gasteiger partial charge in [-0.05, 0) is 54.2 Å². The average molecular weight is 246 g/mol. The topological polar surface area (TPSA) is 0 Å². The second-order valence-electron chi connectivity index (χ2n) is 4.62. The van der Waals surface area contributed by atoms with E-state index in [1.807, 2.05) is 24.3 Å². The van der Waals surface area contributed by atoms with E-state index in [1.54, 1.807) is 0 Å². The molecule has 0 N–H and O–H groups in total. The van der Waals surface area contributed by atoms with Crippen LogP contribution in [0.1, 0.15) is 30.4 Å². The molecule has 2 heteroatoms. The maximum absolute atomic E-state index is 12.8. The highest BCUT2D eigenvalue weighted by molar-refractivity contribution is 5.21. The highest BCUT2D eigenvalue weighted by atomic mass is 19.1. The number of rotatable bonds is 4. The molecule has 0 amide bonds. The minimum atomic E-state index is -0.204. The Kier molecular flexibility index (Phi) is 4.08. The third kappa shape index (κ3) is 3.39. The molecule has 0 saturated heterocycles. The summed E-state index contributed by atoms with van der Waals surface area (Å²) in [5, 5.41) is 0. The lowest BCUT2D eigenvalue weighted by Crippen LogP contribution is -1.96. The molecule has 94 valence electrons. The summed E-state index contributed by atoms with van der Waals surface area (Å²) in [6.07, 6.45) is 1.87. The number of hydrogen-bond donors (Lipinski definition) is 0. The van der Waals surface area contributed by atoms with E-state index in [2.05, 4.69) is 6.92 Å². The van der Waals surface area contributed by atoms with Crippen LogP contribution in [0.25, 0.3) is 0 Å². The summed E-state index contributed by atoms with van der Waals surface area (Å²) >= 11 is 0. The fourth-order valence-corrected chi connectivity index (χ4v) is 1.99. The first-order chi connectivity index (χ1) is 8.65. The van der Waals surface area contributed by atoms with Crippen LogP contribution in [0.3, 0.4) is 0 Å². The molecular formula is C16H16F2. The Morgan fingerprint density at radius 2 is 1.33 bits per heavy atom. The Balaban J connectivity index is 1.93. The van der Waals surface area contributed by atoms with E-state index in [4.69, 9.17) is 0 Å². The standard InChI is InChI=1S/C16H16F2/c1-12(14-6-10-16(18)11-7-14)2-3-13-4-8-15(17)9-5-13/h4-12H,2-3H2,1H3. The third-order valence-electron chi connectivity index (χ3n) is 3.22. The first-order valence-electron chi connectivity index (χ1n) is 6.15. The van der Waals surface area contributed by atoms with Gasteiger partial charge in [0.15, 0.2) is 0 Å². The van der Waals surface area contributed by atoms with Gasteiger partial charge in [-0.2, -0.15) is 0 Å². The van der Waals surface area contributed by atoms with Crippen LogP contribution >= 0.6 is 0 Å². The molecule has 1 atom stereocenters. The smallest absolute Gasteiger partial charge is 0.123 e. The molecule has 0 heterocycles. The lowest BCUT2D eigenvalue weighted by molar-refractivity contribution is 0.621. The Morgan fingerprint density at radius 3 is 1.89 bits per heavy atom. The van der Waals surface area contributed by atoms with Gasteiger partial charge in [-0.25, -0.2) is 8.78 Å². The summed E-state index contributed by atoms with van der Waals surface area (Å²) in [6, 6.07) is 13.2. The van der Waals surface area contributed by atoms with Gasteiger partial charge < -0.3 is 0 Å². The van der Waals surface area contributed by atoms with Gasteiger partial charge in [0, 0.05) is 0 Å². The second kappa shape index (κ2) is 5.76. The van der Waals surface area contributed by atoms with Crippen molar-refractivity contribution in [1.82, 2.24) is 0 Å². The lowest BCUT2D eigenvalue weighted by Gasteiger charge is -2.11. The molecule has 0 bridgehead atoms. The fourth-order valence-electron chi connectivity index (χ4n) is 1.99. The van der Waals surface area contributed by atoms with Gasteiger partial charge in [-0.3, -0.25) is 0 Å². The van der Waals surface area contributed by atoms with E-state index < -0.39 is 0 Å². The van der Waals surface area contributed by atoms with Crippen molar-refractivity contribution >= 4 is 0 Å². The molecule has 2 aromatic rings. The molecule has 0 saturated carbocycles. The van der Waals surface area contributed by atoms with E-state index in [-0.39, 0.29) is 11.6 Å². The van der Waals surface area contributed by atoms with Gasteiger partial charge in [0.2, 0.25) is 0 Å². The molecule has 18 heavy (non-hydrogen) atoms. The Labute approximate surface area is 106 Å². The van der Waals surface area contributed by atoms with E-state index in [0.717, 1.165) is 24.0 Å². The van der Waals surface area contributed by atoms with Gasteiger partial charge in [-0.15, -0.1) is 0 Å². The van der Waals surface area contributed by atoms with Crippen LogP contribution in [-0.4, -0.2) is 0 Å². The zero-order valence-corrected chi connectivity index (χ0v) is 10.4. The molecule has 0 nitrogen and oxygen atoms in total. The van der Waals surface area contributed by atoms with Crippen molar-refractivity contribution in [3.63, 3.8) is 0 Å². The number of halogens is 2. The summed E-state index contributed by atoms with van der Waals surface area (Å²) in [6.45, 7) is 2.12. The Hall–Kier alpha value is -1.70. The second-order valence-corrected chi connectivity index (χ2v) is 4.62. The van der Waals surface area contributed by atoms with Crippen LogP contribution in [0.2, 0.25) is 0 Å². The SMILES string of the molecule is CC(CCc1ccc(F)cc1)c1ccc(F)cc1. The number of benzene rings is 2. The van der Waals surface area contributed by atoms with Crippen LogP contribution in [0.4, 0.5) is 8.78 Å². The summed E-state index contributed by atoms with van der Waals surface area (Å²) in [4.78, 5) is 0. The van der Waals surface area contributed by atoms with Crippen LogP contribution in [0.15, 0.2) is 48.5 Å². The number of aryl methyl sites for hydroxylation is 1. The van der Waals surface area contributed by atoms with E-state index in [1.165, 1.54) is 24.3 Å². The molecular weight excluding hydrogens is 230 g/mol. The van der Waals surface area contributed by atoms with Gasteiger partial charge in [0.1, 0.15) is 11.6 Å². The Bertz CT molecular complexity index is 486. The van der Waals surface area contributed by atoms with Crippen molar-refractivity contribution < 1.29 is 8.78 Å². The molecule has 0 spiro atoms. The zero-order valence-electron chi connectivity index (χ0n) is 10.4. The molecule has 0 radical (unpaired) electrons. The van der Waals surface area contributed by atoms with Crippen molar-refractivity contribution in [3.8, 4) is 0 Å². The molecule has 1 unspecified atom stereocenters. The van der Waals surface area contributed by atoms with Gasteiger partial charge in [-0.1, -0.05) is 31.2 Å². The van der Waals surface area contributed by atoms with Crippen molar-refractivity contribution in [2.24, 2.45) is 0 Å². The van der Waals surface area contributed by atoms with E-state index in [0.29, 0.717) is 5.92 Å². The zero-order chi connectivity index (χ0) is 13.0. The molecule has 0 aliphatic rings. The summed E-state index contributed by atoms with van der Waals surface area (Å²) < 4.78 is 25.6. The van der Waals surface area contributed by atoms with Crippen LogP contribution in [0, 0.1) is 11.6 Å². The quantitative estimate of drug-likeness (QED) is 0.733. The van der Waals surface area contributed by atoms with Gasteiger partial charge in [0.05, 0.1) is 0 Å². The van der Waals surface area contributed by atoms with Crippen LogP contribution < -0.4 is 0 Å². The van der Waals surface area contributed by atoms with Crippen molar-refractivity contribution in [2.75, 3.05) is 0 Å². The first-order valence-corrected chi connectivity index (χ1v) is 6.15. The molecule has 0 aliphatic heterocycles. The molecule has 2 rings (SSSR count). The highest BCUT2D eigenvalue weighted by Gasteiger charge is 2.06. The van der Waals surface area contributed by atoms with Crippen molar-refractivity contribution in [2.45, 2.75) is 25.7 Å². The monoisotopic (exact) mass is 246 g/mol. The minimum absolute atomic E-state index is 0.203. The summed E-state index contributed by atoms with van der Waals surface area (Å²) in [5.41, 5.74) is 2.27. The third-order valence-corrected chi connectivity index (χ3v) is 3.22. The molecule has 2 aromatic carbocycles. The molecule has 0 aliphatic carbocycles. The minimum Gasteiger partial charge on any atom is -0.207 e. The van der Waals surface area contributed by atoms with Gasteiger partial charge >= 0.3 is 0 Å². The first kappa shape index (κ1) is 12.7. The van der Waals surface area contributed by atoms with Crippen LogP contribution in [-0.2, 0) is 6.42 Å². The van der Waals surface area contributed by atoms with Crippen molar-refractivity contribution in [3.05, 3.63) is 71.3 Å². The van der Waals surface area contributed by atoms with Crippen LogP contribution in [0.5, 0.6) is 0 Å². The average Bonchev–Trinajstić information content (AvgIpc) is 2.38. The van der Waals surface area contributed by atoms with E-state index in [9.17, 15) is 8.78 Å².